The third kappa shape index (κ3) is 5.71. The van der Waals surface area contributed by atoms with E-state index in [2.05, 4.69) is 30.1 Å². The summed E-state index contributed by atoms with van der Waals surface area (Å²) in [6.45, 7) is 2.26. The maximum absolute atomic E-state index is 3.13. The first-order valence-electron chi connectivity index (χ1n) is 5.46. The molecule has 0 nitrogen and oxygen atoms in total. The summed E-state index contributed by atoms with van der Waals surface area (Å²) < 4.78 is 0. The molecule has 0 bridgehead atoms. The minimum Gasteiger partial charge on any atom is -0.162 e. The lowest BCUT2D eigenvalue weighted by molar-refractivity contribution is 0.706. The molecule has 0 fully saturated rings. The van der Waals surface area contributed by atoms with Crippen LogP contribution in [0.3, 0.4) is 0 Å². The molecule has 0 saturated heterocycles. The minimum atomic E-state index is 1.23. The Labute approximate surface area is 96.1 Å². The van der Waals surface area contributed by atoms with Gasteiger partial charge in [0.25, 0.3) is 0 Å². The van der Waals surface area contributed by atoms with Gasteiger partial charge in [-0.05, 0) is 36.5 Å². The average molecular weight is 227 g/mol. The zero-order chi connectivity index (χ0) is 10.1. The molecule has 14 heavy (non-hydrogen) atoms. The molecule has 0 spiro atoms. The predicted molar refractivity (Wildman–Crippen MR) is 68.3 cm³/mol. The van der Waals surface area contributed by atoms with E-state index in [1.807, 2.05) is 6.07 Å². The van der Waals surface area contributed by atoms with E-state index in [0.29, 0.717) is 0 Å². The van der Waals surface area contributed by atoms with Crippen molar-refractivity contribution in [2.24, 2.45) is 0 Å². The standard InChI is InChI=1S/C12H19S2/c1-2-3-4-5-9-13-11-8-12-7-6-10-14-12/h6-7H,2-5,8-9,11H2,1H3. The number of unbranched alkanes of at least 4 members (excludes halogenated alkanes) is 3. The van der Waals surface area contributed by atoms with Crippen LogP contribution in [0, 0.1) is 5.38 Å². The van der Waals surface area contributed by atoms with Crippen molar-refractivity contribution in [3.8, 4) is 0 Å². The van der Waals surface area contributed by atoms with Gasteiger partial charge in [0.05, 0.1) is 0 Å². The fraction of sp³-hybridized carbons (Fsp3) is 0.667. The van der Waals surface area contributed by atoms with Gasteiger partial charge >= 0.3 is 0 Å². The Morgan fingerprint density at radius 3 is 2.93 bits per heavy atom. The lowest BCUT2D eigenvalue weighted by atomic mass is 10.2. The molecule has 0 amide bonds. The van der Waals surface area contributed by atoms with Crippen LogP contribution in [0.1, 0.15) is 37.5 Å². The van der Waals surface area contributed by atoms with E-state index in [0.717, 1.165) is 0 Å². The molecule has 0 aromatic carbocycles. The van der Waals surface area contributed by atoms with Crippen LogP contribution in [0.25, 0.3) is 0 Å². The summed E-state index contributed by atoms with van der Waals surface area (Å²) in [4.78, 5) is 1.48. The van der Waals surface area contributed by atoms with Crippen molar-refractivity contribution in [3.05, 3.63) is 22.4 Å². The van der Waals surface area contributed by atoms with Crippen LogP contribution < -0.4 is 0 Å². The van der Waals surface area contributed by atoms with E-state index in [9.17, 15) is 0 Å². The summed E-state index contributed by atoms with van der Waals surface area (Å²) in [5.41, 5.74) is 0. The number of rotatable bonds is 8. The van der Waals surface area contributed by atoms with Crippen molar-refractivity contribution >= 4 is 23.1 Å². The maximum Gasteiger partial charge on any atom is 0.0445 e. The van der Waals surface area contributed by atoms with Crippen LogP contribution in [-0.4, -0.2) is 11.5 Å². The van der Waals surface area contributed by atoms with Gasteiger partial charge in [0.1, 0.15) is 0 Å². The van der Waals surface area contributed by atoms with Crippen molar-refractivity contribution in [1.82, 2.24) is 0 Å². The van der Waals surface area contributed by atoms with Gasteiger partial charge in [-0.3, -0.25) is 0 Å². The highest BCUT2D eigenvalue weighted by atomic mass is 32.2. The minimum absolute atomic E-state index is 1.23. The second kappa shape index (κ2) is 8.37. The van der Waals surface area contributed by atoms with Crippen molar-refractivity contribution in [2.45, 2.75) is 39.0 Å². The van der Waals surface area contributed by atoms with E-state index in [4.69, 9.17) is 0 Å². The molecule has 1 aromatic rings. The number of hydrogen-bond acceptors (Lipinski definition) is 2. The number of thioether (sulfide) groups is 1. The van der Waals surface area contributed by atoms with E-state index >= 15 is 0 Å². The molecule has 0 atom stereocenters. The molecule has 0 unspecified atom stereocenters. The molecule has 79 valence electrons. The first-order chi connectivity index (χ1) is 6.93. The lowest BCUT2D eigenvalue weighted by Crippen LogP contribution is -1.87. The molecule has 1 aromatic heterocycles. The van der Waals surface area contributed by atoms with Crippen LogP contribution >= 0.6 is 23.1 Å². The third-order valence-electron chi connectivity index (χ3n) is 2.16. The summed E-state index contributed by atoms with van der Waals surface area (Å²) in [6.07, 6.45) is 6.79. The molecule has 0 aliphatic heterocycles. The van der Waals surface area contributed by atoms with Gasteiger partial charge in [-0.15, -0.1) is 11.3 Å². The highest BCUT2D eigenvalue weighted by Crippen LogP contribution is 2.13. The van der Waals surface area contributed by atoms with Crippen molar-refractivity contribution in [3.63, 3.8) is 0 Å². The van der Waals surface area contributed by atoms with Crippen LogP contribution in [-0.2, 0) is 6.42 Å². The SMILES string of the molecule is CCCCCCSCCc1cc[c]s1. The van der Waals surface area contributed by atoms with Crippen molar-refractivity contribution in [2.75, 3.05) is 11.5 Å². The zero-order valence-electron chi connectivity index (χ0n) is 8.92. The molecule has 0 aliphatic carbocycles. The highest BCUT2D eigenvalue weighted by molar-refractivity contribution is 7.99. The normalized spacial score (nSPS) is 10.6. The molecule has 1 heterocycles. The van der Waals surface area contributed by atoms with Gasteiger partial charge in [0, 0.05) is 10.3 Å². The first kappa shape index (κ1) is 12.1. The second-order valence-electron chi connectivity index (χ2n) is 3.44. The van der Waals surface area contributed by atoms with Crippen LogP contribution in [0.2, 0.25) is 0 Å². The first-order valence-corrected chi connectivity index (χ1v) is 7.43. The Kier molecular flexibility index (Phi) is 7.24. The lowest BCUT2D eigenvalue weighted by Gasteiger charge is -1.99. The Hall–Kier alpha value is 0.0500. The maximum atomic E-state index is 3.13. The quantitative estimate of drug-likeness (QED) is 0.593. The fourth-order valence-electron chi connectivity index (χ4n) is 1.31. The summed E-state index contributed by atoms with van der Waals surface area (Å²) >= 11 is 3.85. The molecule has 0 aliphatic rings. The van der Waals surface area contributed by atoms with E-state index in [1.54, 1.807) is 11.3 Å². The second-order valence-corrected chi connectivity index (χ2v) is 5.63. The van der Waals surface area contributed by atoms with Crippen molar-refractivity contribution in [1.29, 1.82) is 0 Å². The Balaban J connectivity index is 1.85. The van der Waals surface area contributed by atoms with Gasteiger partial charge in [-0.1, -0.05) is 26.2 Å². The fourth-order valence-corrected chi connectivity index (χ4v) is 3.04. The van der Waals surface area contributed by atoms with Gasteiger partial charge in [-0.2, -0.15) is 11.8 Å². The molecular formula is C12H19S2. The highest BCUT2D eigenvalue weighted by Gasteiger charge is 1.94. The largest absolute Gasteiger partial charge is 0.162 e. The van der Waals surface area contributed by atoms with Gasteiger partial charge < -0.3 is 0 Å². The summed E-state index contributed by atoms with van der Waals surface area (Å²) in [7, 11) is 0. The Bertz CT molecular complexity index is 204. The third-order valence-corrected chi connectivity index (χ3v) is 4.09. The topological polar surface area (TPSA) is 0 Å². The van der Waals surface area contributed by atoms with Crippen LogP contribution in [0.15, 0.2) is 12.1 Å². The molecule has 2 heteroatoms. The summed E-state index contributed by atoms with van der Waals surface area (Å²) in [6, 6.07) is 4.20. The van der Waals surface area contributed by atoms with E-state index in [1.165, 1.54) is 48.5 Å². The van der Waals surface area contributed by atoms with Gasteiger partial charge in [-0.25, -0.2) is 0 Å². The molecule has 1 radical (unpaired) electrons. The van der Waals surface area contributed by atoms with Crippen LogP contribution in [0.4, 0.5) is 0 Å². The van der Waals surface area contributed by atoms with E-state index < -0.39 is 0 Å². The molecule has 0 N–H and O–H groups in total. The average Bonchev–Trinajstić information content (AvgIpc) is 2.69. The smallest absolute Gasteiger partial charge is 0.0445 e. The summed E-state index contributed by atoms with van der Waals surface area (Å²) in [5, 5.41) is 3.13. The predicted octanol–water partition coefficient (Wildman–Crippen LogP) is 4.40. The van der Waals surface area contributed by atoms with Gasteiger partial charge in [0.2, 0.25) is 0 Å². The van der Waals surface area contributed by atoms with Crippen LogP contribution in [0.5, 0.6) is 0 Å². The number of aryl methyl sites for hydroxylation is 1. The Morgan fingerprint density at radius 1 is 1.29 bits per heavy atom. The van der Waals surface area contributed by atoms with Crippen molar-refractivity contribution < 1.29 is 0 Å². The Morgan fingerprint density at radius 2 is 2.21 bits per heavy atom. The monoisotopic (exact) mass is 227 g/mol. The zero-order valence-corrected chi connectivity index (χ0v) is 10.6. The number of thiophene rings is 1. The van der Waals surface area contributed by atoms with E-state index in [-0.39, 0.29) is 0 Å². The molecular weight excluding hydrogens is 208 g/mol. The molecule has 0 saturated carbocycles. The molecule has 1 rings (SSSR count). The van der Waals surface area contributed by atoms with Gasteiger partial charge in [0.15, 0.2) is 0 Å². The summed E-state index contributed by atoms with van der Waals surface area (Å²) in [5.74, 6) is 2.62. The number of hydrogen-bond donors (Lipinski definition) is 0.